The highest BCUT2D eigenvalue weighted by Gasteiger charge is 2.52. The summed E-state index contributed by atoms with van der Waals surface area (Å²) < 4.78 is 5.56. The molecular formula is C16H14O6. The summed E-state index contributed by atoms with van der Waals surface area (Å²) in [4.78, 5) is 24.2. The minimum absolute atomic E-state index is 0.0432. The zero-order valence-electron chi connectivity index (χ0n) is 12.2. The molecule has 0 radical (unpaired) electrons. The molecule has 1 aromatic carbocycles. The first-order valence-electron chi connectivity index (χ1n) is 6.64. The Labute approximate surface area is 126 Å². The predicted octanol–water partition coefficient (Wildman–Crippen LogP) is 2.17. The summed E-state index contributed by atoms with van der Waals surface area (Å²) in [5, 5.41) is 30.1. The van der Waals surface area contributed by atoms with Gasteiger partial charge in [0.15, 0.2) is 11.6 Å². The summed E-state index contributed by atoms with van der Waals surface area (Å²) >= 11 is 0. The monoisotopic (exact) mass is 302 g/mol. The molecule has 1 atom stereocenters. The number of carbonyl (C=O) groups is 2. The first-order valence-corrected chi connectivity index (χ1v) is 6.64. The Morgan fingerprint density at radius 3 is 2.41 bits per heavy atom. The maximum Gasteiger partial charge on any atom is 0.177 e. The molecule has 1 heterocycles. The van der Waals surface area contributed by atoms with Crippen LogP contribution in [0.4, 0.5) is 0 Å². The highest BCUT2D eigenvalue weighted by atomic mass is 16.5. The number of rotatable bonds is 1. The van der Waals surface area contributed by atoms with Gasteiger partial charge in [0.1, 0.15) is 39.7 Å². The Kier molecular flexibility index (Phi) is 2.66. The molecule has 1 aliphatic heterocycles. The van der Waals surface area contributed by atoms with Crippen LogP contribution in [0, 0.1) is 6.92 Å². The van der Waals surface area contributed by atoms with E-state index in [9.17, 15) is 24.9 Å². The van der Waals surface area contributed by atoms with Crippen LogP contribution in [0.5, 0.6) is 17.2 Å². The number of benzene rings is 1. The molecule has 0 fully saturated rings. The highest BCUT2D eigenvalue weighted by molar-refractivity contribution is 6.08. The molecule has 0 aromatic heterocycles. The van der Waals surface area contributed by atoms with Crippen molar-refractivity contribution >= 4 is 11.6 Å². The van der Waals surface area contributed by atoms with Crippen molar-refractivity contribution in [2.45, 2.75) is 26.2 Å². The Morgan fingerprint density at radius 1 is 1.18 bits per heavy atom. The maximum absolute atomic E-state index is 12.4. The third-order valence-electron chi connectivity index (χ3n) is 4.25. The number of phenols is 2. The third kappa shape index (κ3) is 1.49. The second-order valence-electron chi connectivity index (χ2n) is 5.63. The molecule has 22 heavy (non-hydrogen) atoms. The van der Waals surface area contributed by atoms with Crippen LogP contribution >= 0.6 is 0 Å². The first-order chi connectivity index (χ1) is 10.2. The van der Waals surface area contributed by atoms with Crippen LogP contribution in [-0.2, 0) is 10.2 Å². The van der Waals surface area contributed by atoms with Crippen molar-refractivity contribution in [1.82, 2.24) is 0 Å². The van der Waals surface area contributed by atoms with Gasteiger partial charge in [0.2, 0.25) is 0 Å². The minimum atomic E-state index is -1.34. The van der Waals surface area contributed by atoms with Gasteiger partial charge in [0.05, 0.1) is 5.56 Å². The number of phenolic OH excluding ortho intramolecular Hbond substituents is 2. The van der Waals surface area contributed by atoms with Crippen molar-refractivity contribution in [3.05, 3.63) is 40.4 Å². The first kappa shape index (κ1) is 14.2. The van der Waals surface area contributed by atoms with Gasteiger partial charge in [-0.3, -0.25) is 9.59 Å². The van der Waals surface area contributed by atoms with E-state index in [1.54, 1.807) is 0 Å². The second-order valence-corrected chi connectivity index (χ2v) is 5.63. The summed E-state index contributed by atoms with van der Waals surface area (Å²) in [6, 6.07) is 0. The Balaban J connectivity index is 2.43. The topological polar surface area (TPSA) is 104 Å². The lowest BCUT2D eigenvalue weighted by Crippen LogP contribution is -2.33. The average molecular weight is 302 g/mol. The van der Waals surface area contributed by atoms with Crippen LogP contribution in [0.1, 0.15) is 35.3 Å². The van der Waals surface area contributed by atoms with Crippen molar-refractivity contribution in [2.24, 2.45) is 0 Å². The number of aliphatic hydroxyl groups excluding tert-OH is 1. The van der Waals surface area contributed by atoms with E-state index in [2.05, 4.69) is 0 Å². The number of carbonyl (C=O) groups excluding carboxylic acids is 2. The smallest absolute Gasteiger partial charge is 0.177 e. The fraction of sp³-hybridized carbons (Fsp3) is 0.250. The molecule has 114 valence electrons. The zero-order valence-corrected chi connectivity index (χ0v) is 12.2. The lowest BCUT2D eigenvalue weighted by Gasteiger charge is -2.25. The number of allylic oxidation sites excluding steroid dienone is 3. The zero-order chi connectivity index (χ0) is 16.4. The number of hydrogen-bond donors (Lipinski definition) is 3. The number of ketones is 2. The summed E-state index contributed by atoms with van der Waals surface area (Å²) in [5.41, 5.74) is -1.20. The van der Waals surface area contributed by atoms with E-state index in [1.807, 2.05) is 0 Å². The van der Waals surface area contributed by atoms with Gasteiger partial charge < -0.3 is 20.1 Å². The molecule has 6 nitrogen and oxygen atoms in total. The van der Waals surface area contributed by atoms with Gasteiger partial charge in [0.25, 0.3) is 0 Å². The molecule has 1 aliphatic carbocycles. The Morgan fingerprint density at radius 2 is 1.82 bits per heavy atom. The fourth-order valence-corrected chi connectivity index (χ4v) is 2.93. The van der Waals surface area contributed by atoms with E-state index in [-0.39, 0.29) is 45.5 Å². The third-order valence-corrected chi connectivity index (χ3v) is 4.25. The molecule has 1 aromatic rings. The number of aromatic hydroxyl groups is 2. The van der Waals surface area contributed by atoms with E-state index >= 15 is 0 Å². The van der Waals surface area contributed by atoms with Crippen LogP contribution in [0.3, 0.4) is 0 Å². The number of fused-ring (bicyclic) bond motifs is 3. The van der Waals surface area contributed by atoms with Crippen molar-refractivity contribution in [3.8, 4) is 17.2 Å². The van der Waals surface area contributed by atoms with Crippen LogP contribution in [0.2, 0.25) is 0 Å². The van der Waals surface area contributed by atoms with Crippen LogP contribution in [-0.4, -0.2) is 26.9 Å². The van der Waals surface area contributed by atoms with Gasteiger partial charge in [-0.1, -0.05) is 0 Å². The van der Waals surface area contributed by atoms with Crippen molar-refractivity contribution in [1.29, 1.82) is 0 Å². The van der Waals surface area contributed by atoms with Gasteiger partial charge in [-0.25, -0.2) is 0 Å². The quantitative estimate of drug-likeness (QED) is 0.687. The molecular weight excluding hydrogens is 288 g/mol. The lowest BCUT2D eigenvalue weighted by molar-refractivity contribution is -0.118. The number of aliphatic hydroxyl groups is 1. The predicted molar refractivity (Wildman–Crippen MR) is 76.3 cm³/mol. The molecule has 0 saturated carbocycles. The number of Topliss-reactive ketones (excluding diaryl/α,β-unsaturated/α-hetero) is 1. The maximum atomic E-state index is 12.4. The van der Waals surface area contributed by atoms with Gasteiger partial charge in [0, 0.05) is 17.7 Å². The van der Waals surface area contributed by atoms with Crippen molar-refractivity contribution in [3.63, 3.8) is 0 Å². The molecule has 0 bridgehead atoms. The summed E-state index contributed by atoms with van der Waals surface area (Å²) in [7, 11) is 0. The van der Waals surface area contributed by atoms with E-state index in [0.29, 0.717) is 0 Å². The fourth-order valence-electron chi connectivity index (χ4n) is 2.93. The summed E-state index contributed by atoms with van der Waals surface area (Å²) in [6.07, 6.45) is 2.30. The van der Waals surface area contributed by atoms with Crippen LogP contribution in [0.15, 0.2) is 23.7 Å². The number of ether oxygens (including phenoxy) is 1. The minimum Gasteiger partial charge on any atom is -0.508 e. The largest absolute Gasteiger partial charge is 0.508 e. The molecule has 1 unspecified atom stereocenters. The number of hydrogen-bond acceptors (Lipinski definition) is 6. The van der Waals surface area contributed by atoms with E-state index < -0.39 is 17.0 Å². The summed E-state index contributed by atoms with van der Waals surface area (Å²) in [6.45, 7) is 4.24. The standard InChI is InChI=1S/C16H14O6/c1-6-13(20)11(7(2)17)15-12(14(6)21)16(3)9(19)4-8(18)5-10(16)22-15/h4-5,18,20-21H,1-3H3. The molecule has 0 amide bonds. The molecule has 3 N–H and O–H groups in total. The second kappa shape index (κ2) is 4.13. The van der Waals surface area contributed by atoms with Crippen molar-refractivity contribution < 1.29 is 29.6 Å². The van der Waals surface area contributed by atoms with Gasteiger partial charge in [-0.2, -0.15) is 0 Å². The molecule has 0 saturated heterocycles. The molecule has 2 aliphatic rings. The van der Waals surface area contributed by atoms with E-state index in [1.165, 1.54) is 26.8 Å². The van der Waals surface area contributed by atoms with Gasteiger partial charge in [-0.05, 0) is 20.8 Å². The molecule has 6 heteroatoms. The SMILES string of the molecule is CC(=O)c1c(O)c(C)c(O)c2c1OC1=CC(O)=CC(=O)C12C. The molecule has 0 spiro atoms. The van der Waals surface area contributed by atoms with Crippen LogP contribution in [0.25, 0.3) is 0 Å². The van der Waals surface area contributed by atoms with E-state index in [4.69, 9.17) is 4.74 Å². The van der Waals surface area contributed by atoms with Gasteiger partial charge in [-0.15, -0.1) is 0 Å². The Hall–Kier alpha value is -2.76. The van der Waals surface area contributed by atoms with E-state index in [0.717, 1.165) is 6.08 Å². The normalized spacial score (nSPS) is 22.4. The molecule has 3 rings (SSSR count). The lowest BCUT2D eigenvalue weighted by atomic mass is 9.74. The average Bonchev–Trinajstić information content (AvgIpc) is 2.70. The highest BCUT2D eigenvalue weighted by Crippen LogP contribution is 2.56. The van der Waals surface area contributed by atoms with Crippen LogP contribution < -0.4 is 4.74 Å². The summed E-state index contributed by atoms with van der Waals surface area (Å²) in [5.74, 6) is -1.81. The Bertz CT molecular complexity index is 815. The van der Waals surface area contributed by atoms with Crippen molar-refractivity contribution in [2.75, 3.05) is 0 Å². The van der Waals surface area contributed by atoms with Gasteiger partial charge >= 0.3 is 0 Å².